The molecule has 2 aromatic carbocycles. The smallest absolute Gasteiger partial charge is 0.260 e. The molecular weight excluding hydrogens is 480 g/mol. The summed E-state index contributed by atoms with van der Waals surface area (Å²) < 4.78 is 8.82. The van der Waals surface area contributed by atoms with Crippen molar-refractivity contribution < 1.29 is 4.74 Å². The number of halogens is 1. The molecule has 1 unspecified atom stereocenters. The Labute approximate surface area is 214 Å². The van der Waals surface area contributed by atoms with Crippen LogP contribution >= 0.6 is 23.8 Å². The van der Waals surface area contributed by atoms with Gasteiger partial charge in [-0.25, -0.2) is 0 Å². The van der Waals surface area contributed by atoms with E-state index in [0.717, 1.165) is 47.2 Å². The van der Waals surface area contributed by atoms with Crippen LogP contribution in [-0.2, 0) is 0 Å². The molecule has 1 saturated heterocycles. The van der Waals surface area contributed by atoms with Crippen molar-refractivity contribution in [2.75, 3.05) is 13.2 Å². The molecule has 8 heteroatoms. The first-order valence-electron chi connectivity index (χ1n) is 12.0. The highest BCUT2D eigenvalue weighted by Gasteiger charge is 2.20. The van der Waals surface area contributed by atoms with Crippen LogP contribution in [0.4, 0.5) is 0 Å². The van der Waals surface area contributed by atoms with Crippen molar-refractivity contribution in [2.45, 2.75) is 45.6 Å². The van der Waals surface area contributed by atoms with E-state index >= 15 is 0 Å². The molecule has 4 aromatic rings. The lowest BCUT2D eigenvalue weighted by Crippen LogP contribution is -2.35. The van der Waals surface area contributed by atoms with Crippen molar-refractivity contribution >= 4 is 34.7 Å². The molecule has 1 aliphatic rings. The number of nitrogens with zero attached hydrogens (tertiary/aromatic N) is 1. The predicted molar refractivity (Wildman–Crippen MR) is 145 cm³/mol. The Hall–Kier alpha value is -2.87. The van der Waals surface area contributed by atoms with E-state index < -0.39 is 0 Å². The Kier molecular flexibility index (Phi) is 6.82. The van der Waals surface area contributed by atoms with Gasteiger partial charge in [0.05, 0.1) is 28.4 Å². The third-order valence-corrected chi connectivity index (χ3v) is 7.20. The summed E-state index contributed by atoms with van der Waals surface area (Å²) in [5, 5.41) is 4.85. The second-order valence-electron chi connectivity index (χ2n) is 9.30. The topological polar surface area (TPSA) is 74.8 Å². The standard InChI is InChI=1S/C27H29ClN4O2S/c1-16-11-17(2)13-18(12-16)24-25(34-10-6-19-5-3-4-7-29-19)20-14-23(32-9-8-30-27(32)35)21(28)15-22(20)31-26(24)33/h8-9,11-15,19,29H,3-7,10H2,1-2H3,(H,30,35)(H,31,33). The first kappa shape index (κ1) is 23.9. The molecule has 182 valence electrons. The van der Waals surface area contributed by atoms with Crippen LogP contribution in [0.3, 0.4) is 0 Å². The number of aryl methyl sites for hydroxylation is 2. The number of rotatable bonds is 6. The van der Waals surface area contributed by atoms with Gasteiger partial charge in [-0.2, -0.15) is 0 Å². The first-order chi connectivity index (χ1) is 16.9. The van der Waals surface area contributed by atoms with Gasteiger partial charge < -0.3 is 20.0 Å². The molecule has 1 atom stereocenters. The first-order valence-corrected chi connectivity index (χ1v) is 12.8. The number of hydrogen-bond donors (Lipinski definition) is 3. The lowest BCUT2D eigenvalue weighted by Gasteiger charge is -2.24. The maximum atomic E-state index is 13.4. The van der Waals surface area contributed by atoms with Gasteiger partial charge in [-0.15, -0.1) is 0 Å². The molecule has 1 fully saturated rings. The molecule has 0 spiro atoms. The SMILES string of the molecule is Cc1cc(C)cc(-c2c(OCCC3CCCCN3)c3cc(-n4cc[nH]c4=S)c(Cl)cc3[nH]c2=O)c1. The van der Waals surface area contributed by atoms with Crippen LogP contribution in [0.2, 0.25) is 5.02 Å². The van der Waals surface area contributed by atoms with Crippen LogP contribution in [-0.4, -0.2) is 33.7 Å². The summed E-state index contributed by atoms with van der Waals surface area (Å²) in [6.45, 7) is 5.63. The van der Waals surface area contributed by atoms with Crippen molar-refractivity contribution in [1.82, 2.24) is 19.9 Å². The van der Waals surface area contributed by atoms with E-state index in [1.165, 1.54) is 12.8 Å². The number of pyridine rings is 1. The molecule has 5 rings (SSSR count). The van der Waals surface area contributed by atoms with Gasteiger partial charge in [0.25, 0.3) is 5.56 Å². The number of benzene rings is 2. The van der Waals surface area contributed by atoms with Crippen molar-refractivity contribution in [3.05, 3.63) is 74.0 Å². The van der Waals surface area contributed by atoms with Crippen molar-refractivity contribution in [1.29, 1.82) is 0 Å². The summed E-state index contributed by atoms with van der Waals surface area (Å²) in [5.41, 5.74) is 4.71. The molecule has 3 N–H and O–H groups in total. The van der Waals surface area contributed by atoms with E-state index in [1.807, 2.05) is 42.8 Å². The van der Waals surface area contributed by atoms with E-state index in [1.54, 1.807) is 12.3 Å². The summed E-state index contributed by atoms with van der Waals surface area (Å²) in [7, 11) is 0. The monoisotopic (exact) mass is 508 g/mol. The number of hydrogen-bond acceptors (Lipinski definition) is 4. The Morgan fingerprint density at radius 1 is 1.14 bits per heavy atom. The summed E-state index contributed by atoms with van der Waals surface area (Å²) in [6.07, 6.45) is 8.09. The van der Waals surface area contributed by atoms with Gasteiger partial charge >= 0.3 is 0 Å². The second kappa shape index (κ2) is 10.0. The van der Waals surface area contributed by atoms with Crippen molar-refractivity contribution in [3.63, 3.8) is 0 Å². The summed E-state index contributed by atoms with van der Waals surface area (Å²) in [6, 6.07) is 10.3. The zero-order valence-electron chi connectivity index (χ0n) is 19.9. The van der Waals surface area contributed by atoms with Crippen LogP contribution in [0.15, 0.2) is 47.5 Å². The fourth-order valence-corrected chi connectivity index (χ4v) is 5.46. The van der Waals surface area contributed by atoms with Crippen LogP contribution in [0.1, 0.15) is 36.8 Å². The Balaban J connectivity index is 1.67. The number of fused-ring (bicyclic) bond motifs is 1. The molecule has 0 amide bonds. The lowest BCUT2D eigenvalue weighted by molar-refractivity contribution is 0.271. The third-order valence-electron chi connectivity index (χ3n) is 6.58. The van der Waals surface area contributed by atoms with Gasteiger partial charge in [-0.1, -0.05) is 47.3 Å². The predicted octanol–water partition coefficient (Wildman–Crippen LogP) is 6.22. The zero-order chi connectivity index (χ0) is 24.5. The Morgan fingerprint density at radius 2 is 1.94 bits per heavy atom. The largest absolute Gasteiger partial charge is 0.492 e. The molecule has 0 aliphatic carbocycles. The molecule has 0 saturated carbocycles. The molecule has 0 radical (unpaired) electrons. The number of ether oxygens (including phenoxy) is 1. The van der Waals surface area contributed by atoms with Gasteiger partial charge in [0.2, 0.25) is 0 Å². The van der Waals surface area contributed by atoms with Crippen molar-refractivity contribution in [3.8, 4) is 22.6 Å². The number of aromatic amines is 2. The lowest BCUT2D eigenvalue weighted by atomic mass is 9.99. The number of aromatic nitrogens is 3. The average molecular weight is 509 g/mol. The second-order valence-corrected chi connectivity index (χ2v) is 10.1. The Bertz CT molecular complexity index is 1480. The third kappa shape index (κ3) is 4.94. The number of imidazole rings is 1. The van der Waals surface area contributed by atoms with Gasteiger partial charge in [0.1, 0.15) is 5.75 Å². The summed E-state index contributed by atoms with van der Waals surface area (Å²) in [5.74, 6) is 0.574. The van der Waals surface area contributed by atoms with E-state index in [4.69, 9.17) is 28.6 Å². The number of H-pyrrole nitrogens is 2. The van der Waals surface area contributed by atoms with Gasteiger partial charge in [0, 0.05) is 23.8 Å². The van der Waals surface area contributed by atoms with Crippen LogP contribution in [0.25, 0.3) is 27.7 Å². The van der Waals surface area contributed by atoms with E-state index in [-0.39, 0.29) is 5.56 Å². The molecule has 2 aromatic heterocycles. The highest BCUT2D eigenvalue weighted by Crippen LogP contribution is 2.37. The minimum absolute atomic E-state index is 0.199. The van der Waals surface area contributed by atoms with Crippen LogP contribution < -0.4 is 15.6 Å². The summed E-state index contributed by atoms with van der Waals surface area (Å²) >= 11 is 12.1. The zero-order valence-corrected chi connectivity index (χ0v) is 21.5. The molecular formula is C27H29ClN4O2S. The maximum absolute atomic E-state index is 13.4. The van der Waals surface area contributed by atoms with E-state index in [2.05, 4.69) is 21.4 Å². The molecule has 3 heterocycles. The van der Waals surface area contributed by atoms with Crippen LogP contribution in [0.5, 0.6) is 5.75 Å². The minimum Gasteiger partial charge on any atom is -0.492 e. The van der Waals surface area contributed by atoms with Gasteiger partial charge in [-0.05, 0) is 69.6 Å². The Morgan fingerprint density at radius 3 is 2.63 bits per heavy atom. The summed E-state index contributed by atoms with van der Waals surface area (Å²) in [4.78, 5) is 19.4. The number of nitrogens with one attached hydrogen (secondary N) is 3. The normalized spacial score (nSPS) is 16.0. The quantitative estimate of drug-likeness (QED) is 0.270. The van der Waals surface area contributed by atoms with E-state index in [0.29, 0.717) is 39.3 Å². The van der Waals surface area contributed by atoms with E-state index in [9.17, 15) is 4.79 Å². The maximum Gasteiger partial charge on any atom is 0.260 e. The van der Waals surface area contributed by atoms with Gasteiger partial charge in [0.15, 0.2) is 4.77 Å². The minimum atomic E-state index is -0.199. The highest BCUT2D eigenvalue weighted by molar-refractivity contribution is 7.71. The highest BCUT2D eigenvalue weighted by atomic mass is 35.5. The fourth-order valence-electron chi connectivity index (χ4n) is 4.98. The molecule has 6 nitrogen and oxygen atoms in total. The average Bonchev–Trinajstić information content (AvgIpc) is 3.24. The number of piperidine rings is 1. The fraction of sp³-hybridized carbons (Fsp3) is 0.333. The van der Waals surface area contributed by atoms with Crippen molar-refractivity contribution in [2.24, 2.45) is 0 Å². The molecule has 0 bridgehead atoms. The molecule has 1 aliphatic heterocycles. The molecule has 35 heavy (non-hydrogen) atoms. The van der Waals surface area contributed by atoms with Crippen LogP contribution in [0, 0.1) is 18.6 Å². The van der Waals surface area contributed by atoms with Gasteiger partial charge in [-0.3, -0.25) is 9.36 Å².